The predicted octanol–water partition coefficient (Wildman–Crippen LogP) is 18.3. The first-order valence-electron chi connectivity index (χ1n) is 24.2. The van der Waals surface area contributed by atoms with Gasteiger partial charge in [-0.05, 0) is 80.0 Å². The minimum atomic E-state index is 0.927. The van der Waals surface area contributed by atoms with Gasteiger partial charge in [-0.25, -0.2) is 4.99 Å². The molecule has 0 unspecified atom stereocenters. The minimum Gasteiger partial charge on any atom is -0.255 e. The Balaban J connectivity index is 1.66. The lowest BCUT2D eigenvalue weighted by Gasteiger charge is -2.04. The molecule has 0 atom stereocenters. The van der Waals surface area contributed by atoms with E-state index in [1.54, 1.807) is 0 Å². The summed E-state index contributed by atoms with van der Waals surface area (Å²) in [7, 11) is 0. The van der Waals surface area contributed by atoms with Crippen LogP contribution in [0.1, 0.15) is 237 Å². The smallest absolute Gasteiger partial charge is 0.0816 e. The zero-order valence-electron chi connectivity index (χ0n) is 36.8. The lowest BCUT2D eigenvalue weighted by atomic mass is 10.0. The Morgan fingerprint density at radius 3 is 1.09 bits per heavy atom. The Kier molecular flexibility index (Phi) is 32.8. The molecular formula is C53H88N2. The summed E-state index contributed by atoms with van der Waals surface area (Å²) in [6.07, 6.45) is 53.1. The number of nitrogens with zero attached hydrogens (tertiary/aromatic N) is 2. The zero-order valence-corrected chi connectivity index (χ0v) is 36.8. The van der Waals surface area contributed by atoms with E-state index < -0.39 is 0 Å². The molecule has 2 aromatic rings. The summed E-state index contributed by atoms with van der Waals surface area (Å²) in [6.45, 7) is 6.87. The molecule has 0 aliphatic carbocycles. The molecule has 0 spiro atoms. The van der Waals surface area contributed by atoms with Gasteiger partial charge in [-0.2, -0.15) is 0 Å². The lowest BCUT2D eigenvalue weighted by molar-refractivity contribution is 0.520. The van der Waals surface area contributed by atoms with Crippen molar-refractivity contribution in [1.29, 1.82) is 0 Å². The van der Waals surface area contributed by atoms with Gasteiger partial charge in [0.25, 0.3) is 0 Å². The van der Waals surface area contributed by atoms with Crippen LogP contribution in [0.3, 0.4) is 0 Å². The summed E-state index contributed by atoms with van der Waals surface area (Å²) in [4.78, 5) is 9.87. The molecule has 55 heavy (non-hydrogen) atoms. The van der Waals surface area contributed by atoms with Crippen LogP contribution in [0.5, 0.6) is 0 Å². The Labute approximate surface area is 343 Å². The van der Waals surface area contributed by atoms with Crippen molar-refractivity contribution in [1.82, 2.24) is 0 Å². The summed E-state index contributed by atoms with van der Waals surface area (Å²) in [6, 6.07) is 17.7. The number of hydrogen-bond acceptors (Lipinski definition) is 2. The number of allylic oxidation sites excluding steroid dienone is 2. The summed E-state index contributed by atoms with van der Waals surface area (Å²) in [5, 5.41) is 0. The molecule has 0 amide bonds. The third kappa shape index (κ3) is 29.4. The predicted molar refractivity (Wildman–Crippen MR) is 249 cm³/mol. The summed E-state index contributed by atoms with van der Waals surface area (Å²) < 4.78 is 0. The van der Waals surface area contributed by atoms with Crippen molar-refractivity contribution in [2.24, 2.45) is 9.98 Å². The second-order valence-electron chi connectivity index (χ2n) is 16.7. The third-order valence-corrected chi connectivity index (χ3v) is 11.4. The van der Waals surface area contributed by atoms with Crippen LogP contribution in [0, 0.1) is 0 Å². The number of rotatable bonds is 38. The highest BCUT2D eigenvalue weighted by Gasteiger charge is 2.00. The van der Waals surface area contributed by atoms with Crippen LogP contribution < -0.4 is 0 Å². The van der Waals surface area contributed by atoms with Gasteiger partial charge in [0.05, 0.1) is 23.3 Å². The number of unbranched alkanes of at least 4 members (excludes halogenated alkanes) is 29. The largest absolute Gasteiger partial charge is 0.255 e. The summed E-state index contributed by atoms with van der Waals surface area (Å²) >= 11 is 0. The second-order valence-corrected chi connectivity index (χ2v) is 16.7. The molecular weight excluding hydrogens is 665 g/mol. The van der Waals surface area contributed by atoms with Crippen LogP contribution in [-0.2, 0) is 12.8 Å². The zero-order chi connectivity index (χ0) is 39.1. The quantitative estimate of drug-likeness (QED) is 0.0482. The molecule has 0 aromatic heterocycles. The van der Waals surface area contributed by atoms with E-state index in [2.05, 4.69) is 81.5 Å². The van der Waals surface area contributed by atoms with E-state index in [0.29, 0.717) is 0 Å². The fraction of sp³-hybridized carbons (Fsp3) is 0.698. The molecule has 2 aromatic carbocycles. The molecule has 0 fully saturated rings. The van der Waals surface area contributed by atoms with Gasteiger partial charge in [-0.3, -0.25) is 4.99 Å². The Hall–Kier alpha value is -2.48. The van der Waals surface area contributed by atoms with E-state index >= 15 is 0 Å². The molecule has 310 valence electrons. The Bertz CT molecular complexity index is 1190. The van der Waals surface area contributed by atoms with Crippen LogP contribution >= 0.6 is 0 Å². The molecule has 0 saturated carbocycles. The van der Waals surface area contributed by atoms with E-state index in [4.69, 9.17) is 9.98 Å². The molecule has 0 bridgehead atoms. The van der Waals surface area contributed by atoms with Crippen molar-refractivity contribution >= 4 is 23.3 Å². The van der Waals surface area contributed by atoms with E-state index in [0.717, 1.165) is 36.3 Å². The van der Waals surface area contributed by atoms with E-state index in [-0.39, 0.29) is 0 Å². The van der Waals surface area contributed by atoms with Crippen LogP contribution in [0.2, 0.25) is 0 Å². The number of aryl methyl sites for hydroxylation is 2. The topological polar surface area (TPSA) is 24.7 Å². The van der Waals surface area contributed by atoms with Crippen LogP contribution in [-0.4, -0.2) is 11.9 Å². The fourth-order valence-electron chi connectivity index (χ4n) is 7.65. The minimum absolute atomic E-state index is 0.927. The maximum atomic E-state index is 5.03. The highest BCUT2D eigenvalue weighted by molar-refractivity contribution is 6.36. The monoisotopic (exact) mass is 753 g/mol. The maximum absolute atomic E-state index is 5.03. The van der Waals surface area contributed by atoms with Gasteiger partial charge in [0.15, 0.2) is 0 Å². The van der Waals surface area contributed by atoms with E-state index in [1.165, 1.54) is 210 Å². The molecule has 0 N–H and O–H groups in total. The Morgan fingerprint density at radius 1 is 0.382 bits per heavy atom. The fourth-order valence-corrected chi connectivity index (χ4v) is 7.65. The molecule has 2 heteroatoms. The van der Waals surface area contributed by atoms with Crippen LogP contribution in [0.25, 0.3) is 0 Å². The van der Waals surface area contributed by atoms with Crippen LogP contribution in [0.4, 0.5) is 11.4 Å². The second kappa shape index (κ2) is 37.1. The van der Waals surface area contributed by atoms with Crippen molar-refractivity contribution in [3.8, 4) is 0 Å². The van der Waals surface area contributed by atoms with Gasteiger partial charge in [-0.15, -0.1) is 0 Å². The number of aliphatic imine (C=N–C) groups is 2. The highest BCUT2D eigenvalue weighted by atomic mass is 14.8. The third-order valence-electron chi connectivity index (χ3n) is 11.4. The SMILES string of the molecule is CCCCCCCCCCCCCCCCCCCCCCC/C=C/C(C=Nc1ccc(CCCCCCC)cc1)=Nc1ccc(CCCCCCC)cc1. The standard InChI is InChI=1S/C53H88N2/c1-4-7-10-13-14-15-16-17-18-19-20-21-22-23-24-25-26-27-28-29-30-33-36-39-53(55-52-46-42-50(43-47-52)38-35-32-12-9-6-3)48-54-51-44-40-49(41-45-51)37-34-31-11-8-5-2/h36,39-48H,4-35,37-38H2,1-3H3/b39-36+,54-48?,55-53?. The molecule has 0 heterocycles. The van der Waals surface area contributed by atoms with E-state index in [1.807, 2.05) is 6.21 Å². The molecule has 0 saturated heterocycles. The first-order valence-corrected chi connectivity index (χ1v) is 24.2. The van der Waals surface area contributed by atoms with Crippen molar-refractivity contribution in [3.63, 3.8) is 0 Å². The van der Waals surface area contributed by atoms with E-state index in [9.17, 15) is 0 Å². The van der Waals surface area contributed by atoms with Crippen molar-refractivity contribution in [2.75, 3.05) is 0 Å². The van der Waals surface area contributed by atoms with Crippen LogP contribution in [0.15, 0.2) is 70.7 Å². The first-order chi connectivity index (χ1) is 27.2. The summed E-state index contributed by atoms with van der Waals surface area (Å²) in [5.74, 6) is 0. The van der Waals surface area contributed by atoms with Gasteiger partial charge in [0, 0.05) is 0 Å². The van der Waals surface area contributed by atoms with Gasteiger partial charge >= 0.3 is 0 Å². The Morgan fingerprint density at radius 2 is 0.709 bits per heavy atom. The van der Waals surface area contributed by atoms with Crippen molar-refractivity contribution in [3.05, 3.63) is 71.8 Å². The summed E-state index contributed by atoms with van der Waals surface area (Å²) in [5.41, 5.74) is 5.77. The van der Waals surface area contributed by atoms with Gasteiger partial charge in [0.1, 0.15) is 0 Å². The van der Waals surface area contributed by atoms with Crippen molar-refractivity contribution < 1.29 is 0 Å². The van der Waals surface area contributed by atoms with Crippen molar-refractivity contribution in [2.45, 2.75) is 239 Å². The number of benzene rings is 2. The molecule has 0 radical (unpaired) electrons. The molecule has 0 aliphatic heterocycles. The van der Waals surface area contributed by atoms with Gasteiger partial charge < -0.3 is 0 Å². The average Bonchev–Trinajstić information content (AvgIpc) is 3.21. The van der Waals surface area contributed by atoms with Gasteiger partial charge in [0.2, 0.25) is 0 Å². The molecule has 0 aliphatic rings. The normalized spacial score (nSPS) is 12.2. The lowest BCUT2D eigenvalue weighted by Crippen LogP contribution is -1.95. The molecule has 2 rings (SSSR count). The maximum Gasteiger partial charge on any atom is 0.0816 e. The number of hydrogen-bond donors (Lipinski definition) is 0. The average molecular weight is 753 g/mol. The van der Waals surface area contributed by atoms with Gasteiger partial charge in [-0.1, -0.05) is 231 Å². The molecule has 2 nitrogen and oxygen atoms in total. The highest BCUT2D eigenvalue weighted by Crippen LogP contribution is 2.19. The first kappa shape index (κ1) is 48.7.